The molecule has 3 aromatic rings. The fourth-order valence-electron chi connectivity index (χ4n) is 3.66. The second-order valence-electron chi connectivity index (χ2n) is 7.71. The Bertz CT molecular complexity index is 1220. The molecule has 34 heavy (non-hydrogen) atoms. The minimum Gasteiger partial charge on any atom is -0.451 e. The van der Waals surface area contributed by atoms with Gasteiger partial charge in [-0.25, -0.2) is 0 Å². The van der Waals surface area contributed by atoms with Crippen LogP contribution in [-0.2, 0) is 4.79 Å². The summed E-state index contributed by atoms with van der Waals surface area (Å²) >= 11 is 17.6. The third kappa shape index (κ3) is 5.52. The number of halogens is 2. The molecule has 176 valence electrons. The molecule has 7 nitrogen and oxygen atoms in total. The molecule has 10 heteroatoms. The van der Waals surface area contributed by atoms with Gasteiger partial charge in [-0.15, -0.1) is 0 Å². The van der Waals surface area contributed by atoms with E-state index in [1.807, 2.05) is 29.2 Å². The second kappa shape index (κ2) is 10.5. The van der Waals surface area contributed by atoms with Gasteiger partial charge in [-0.3, -0.25) is 14.9 Å². The third-order valence-corrected chi connectivity index (χ3v) is 6.51. The van der Waals surface area contributed by atoms with Crippen LogP contribution in [0.1, 0.15) is 17.5 Å². The van der Waals surface area contributed by atoms with Crippen LogP contribution in [0.5, 0.6) is 0 Å². The van der Waals surface area contributed by atoms with Crippen LogP contribution in [-0.4, -0.2) is 48.0 Å². The van der Waals surface area contributed by atoms with Crippen molar-refractivity contribution in [2.75, 3.05) is 36.4 Å². The second-order valence-corrected chi connectivity index (χ2v) is 8.91. The number of anilines is 2. The maximum atomic E-state index is 12.6. The van der Waals surface area contributed by atoms with Crippen molar-refractivity contribution in [3.8, 4) is 11.3 Å². The molecule has 0 aliphatic carbocycles. The number of benzene rings is 2. The van der Waals surface area contributed by atoms with E-state index in [0.29, 0.717) is 34.5 Å². The van der Waals surface area contributed by atoms with Crippen LogP contribution in [0.15, 0.2) is 59.0 Å². The monoisotopic (exact) mass is 516 g/mol. The lowest BCUT2D eigenvalue weighted by Gasteiger charge is -2.35. The van der Waals surface area contributed by atoms with Crippen LogP contribution in [0.3, 0.4) is 0 Å². The number of amides is 2. The maximum absolute atomic E-state index is 12.6. The Kier molecular flexibility index (Phi) is 7.41. The molecule has 1 aromatic heterocycles. The normalized spacial score (nSPS) is 13.5. The predicted octanol–water partition coefficient (Wildman–Crippen LogP) is 5.05. The fraction of sp³-hybridized carbons (Fsp3) is 0.208. The van der Waals surface area contributed by atoms with Crippen molar-refractivity contribution in [3.63, 3.8) is 0 Å². The molecule has 0 atom stereocenters. The smallest absolute Gasteiger partial charge is 0.293 e. The molecule has 0 spiro atoms. The number of thiocarbonyl (C=S) groups is 1. The SMILES string of the molecule is CC(=O)N1CCN(c2ccc(NC(=S)NC(=O)c3ccc(-c4cccc(Cl)c4Cl)o3)cc2)CC1. The summed E-state index contributed by atoms with van der Waals surface area (Å²) in [6, 6.07) is 16.1. The zero-order valence-electron chi connectivity index (χ0n) is 18.3. The van der Waals surface area contributed by atoms with Gasteiger partial charge in [0.05, 0.1) is 10.0 Å². The molecule has 2 amide bonds. The van der Waals surface area contributed by atoms with Crippen molar-refractivity contribution >= 4 is 63.7 Å². The van der Waals surface area contributed by atoms with Gasteiger partial charge < -0.3 is 19.5 Å². The molecule has 4 rings (SSSR count). The zero-order valence-corrected chi connectivity index (χ0v) is 20.6. The van der Waals surface area contributed by atoms with E-state index >= 15 is 0 Å². The summed E-state index contributed by atoms with van der Waals surface area (Å²) in [5.41, 5.74) is 2.39. The number of hydrogen-bond donors (Lipinski definition) is 2. The van der Waals surface area contributed by atoms with Gasteiger partial charge >= 0.3 is 0 Å². The summed E-state index contributed by atoms with van der Waals surface area (Å²) in [5, 5.41) is 6.51. The first-order valence-corrected chi connectivity index (χ1v) is 11.8. The molecule has 0 unspecified atom stereocenters. The highest BCUT2D eigenvalue weighted by atomic mass is 35.5. The van der Waals surface area contributed by atoms with Crippen LogP contribution in [0.4, 0.5) is 11.4 Å². The number of furan rings is 1. The van der Waals surface area contributed by atoms with E-state index in [-0.39, 0.29) is 16.8 Å². The Morgan fingerprint density at radius 2 is 1.68 bits per heavy atom. The van der Waals surface area contributed by atoms with Crippen LogP contribution in [0.2, 0.25) is 10.0 Å². The third-order valence-electron chi connectivity index (χ3n) is 5.49. The van der Waals surface area contributed by atoms with E-state index in [9.17, 15) is 9.59 Å². The highest BCUT2D eigenvalue weighted by molar-refractivity contribution is 7.80. The first-order chi connectivity index (χ1) is 16.3. The van der Waals surface area contributed by atoms with Gasteiger partial charge in [-0.1, -0.05) is 29.3 Å². The number of carbonyl (C=O) groups excluding carboxylic acids is 2. The first kappa shape index (κ1) is 24.1. The molecule has 1 aliphatic rings. The zero-order chi connectivity index (χ0) is 24.2. The minimum atomic E-state index is -0.484. The lowest BCUT2D eigenvalue weighted by atomic mass is 10.2. The summed E-state index contributed by atoms with van der Waals surface area (Å²) in [6.45, 7) is 4.59. The lowest BCUT2D eigenvalue weighted by molar-refractivity contribution is -0.129. The fourth-order valence-corrected chi connectivity index (χ4v) is 4.27. The molecule has 2 aromatic carbocycles. The van der Waals surface area contributed by atoms with Crippen LogP contribution >= 0.6 is 35.4 Å². The molecule has 1 saturated heterocycles. The Balaban J connectivity index is 1.32. The van der Waals surface area contributed by atoms with E-state index in [0.717, 1.165) is 24.5 Å². The van der Waals surface area contributed by atoms with Crippen LogP contribution in [0.25, 0.3) is 11.3 Å². The molecule has 2 heterocycles. The average molecular weight is 517 g/mol. The van der Waals surface area contributed by atoms with Crippen LogP contribution in [0, 0.1) is 0 Å². The van der Waals surface area contributed by atoms with Crippen molar-refractivity contribution in [2.45, 2.75) is 6.92 Å². The summed E-state index contributed by atoms with van der Waals surface area (Å²) in [4.78, 5) is 28.1. The average Bonchev–Trinajstić information content (AvgIpc) is 3.32. The van der Waals surface area contributed by atoms with Crippen LogP contribution < -0.4 is 15.5 Å². The molecular weight excluding hydrogens is 495 g/mol. The standard InChI is InChI=1S/C24H22Cl2N4O3S/c1-15(31)29-11-13-30(14-12-29)17-7-5-16(6-8-17)27-24(34)28-23(32)21-10-9-20(33-21)18-3-2-4-19(25)22(18)26/h2-10H,11-14H2,1H3,(H2,27,28,32,34). The van der Waals surface area contributed by atoms with E-state index in [1.165, 1.54) is 0 Å². The number of nitrogens with one attached hydrogen (secondary N) is 2. The number of nitrogens with zero attached hydrogens (tertiary/aromatic N) is 2. The van der Waals surface area contributed by atoms with Gasteiger partial charge in [0.15, 0.2) is 10.9 Å². The number of carbonyl (C=O) groups is 2. The molecule has 0 radical (unpaired) electrons. The Morgan fingerprint density at radius 3 is 2.35 bits per heavy atom. The summed E-state index contributed by atoms with van der Waals surface area (Å²) < 4.78 is 5.65. The summed E-state index contributed by atoms with van der Waals surface area (Å²) in [7, 11) is 0. The van der Waals surface area contributed by atoms with Crippen molar-refractivity contribution in [1.29, 1.82) is 0 Å². The van der Waals surface area contributed by atoms with E-state index < -0.39 is 5.91 Å². The summed E-state index contributed by atoms with van der Waals surface area (Å²) in [6.07, 6.45) is 0. The van der Waals surface area contributed by atoms with Gasteiger partial charge in [0.1, 0.15) is 5.76 Å². The maximum Gasteiger partial charge on any atom is 0.293 e. The number of piperazine rings is 1. The minimum absolute atomic E-state index is 0.0928. The highest BCUT2D eigenvalue weighted by Crippen LogP contribution is 2.34. The first-order valence-electron chi connectivity index (χ1n) is 10.6. The van der Waals surface area contributed by atoms with Crippen molar-refractivity contribution in [1.82, 2.24) is 10.2 Å². The van der Waals surface area contributed by atoms with E-state index in [4.69, 9.17) is 39.8 Å². The van der Waals surface area contributed by atoms with E-state index in [2.05, 4.69) is 15.5 Å². The lowest BCUT2D eigenvalue weighted by Crippen LogP contribution is -2.48. The molecule has 1 fully saturated rings. The summed E-state index contributed by atoms with van der Waals surface area (Å²) in [5.74, 6) is 0.141. The number of hydrogen-bond acceptors (Lipinski definition) is 5. The van der Waals surface area contributed by atoms with Crippen molar-refractivity contribution in [2.24, 2.45) is 0 Å². The Hall–Kier alpha value is -3.07. The van der Waals surface area contributed by atoms with Gasteiger partial charge in [0.25, 0.3) is 5.91 Å². The highest BCUT2D eigenvalue weighted by Gasteiger charge is 2.19. The molecule has 1 aliphatic heterocycles. The van der Waals surface area contributed by atoms with Gasteiger partial charge in [0, 0.05) is 50.0 Å². The van der Waals surface area contributed by atoms with Crippen molar-refractivity contribution in [3.05, 3.63) is 70.4 Å². The molecule has 0 saturated carbocycles. The Labute approximate surface area is 212 Å². The van der Waals surface area contributed by atoms with E-state index in [1.54, 1.807) is 37.3 Å². The molecular formula is C24H22Cl2N4O3S. The Morgan fingerprint density at radius 1 is 0.971 bits per heavy atom. The van der Waals surface area contributed by atoms with Gasteiger partial charge in [-0.2, -0.15) is 0 Å². The van der Waals surface area contributed by atoms with Gasteiger partial charge in [-0.05, 0) is 60.7 Å². The quantitative estimate of drug-likeness (QED) is 0.472. The topological polar surface area (TPSA) is 77.8 Å². The van der Waals surface area contributed by atoms with Gasteiger partial charge in [0.2, 0.25) is 5.91 Å². The molecule has 2 N–H and O–H groups in total. The largest absolute Gasteiger partial charge is 0.451 e. The predicted molar refractivity (Wildman–Crippen MR) is 139 cm³/mol. The number of rotatable bonds is 4. The molecule has 0 bridgehead atoms. The van der Waals surface area contributed by atoms with Crippen molar-refractivity contribution < 1.29 is 14.0 Å².